The van der Waals surface area contributed by atoms with Gasteiger partial charge < -0.3 is 10.3 Å². The van der Waals surface area contributed by atoms with E-state index in [-0.39, 0.29) is 5.91 Å². The number of imidazole rings is 1. The molecule has 0 aliphatic heterocycles. The summed E-state index contributed by atoms with van der Waals surface area (Å²) in [6.07, 6.45) is 2.12. The molecule has 6 nitrogen and oxygen atoms in total. The highest BCUT2D eigenvalue weighted by Crippen LogP contribution is 2.27. The van der Waals surface area contributed by atoms with Gasteiger partial charge in [0, 0.05) is 5.69 Å². The number of carbonyl (C=O) groups excluding carboxylic acids is 2. The van der Waals surface area contributed by atoms with Crippen LogP contribution < -0.4 is 10.6 Å². The van der Waals surface area contributed by atoms with Crippen molar-refractivity contribution < 1.29 is 9.59 Å². The van der Waals surface area contributed by atoms with Crippen LogP contribution in [0.25, 0.3) is 11.0 Å². The van der Waals surface area contributed by atoms with Crippen LogP contribution in [-0.2, 0) is 9.59 Å². The van der Waals surface area contributed by atoms with Crippen LogP contribution in [0.3, 0.4) is 0 Å². The number of carbonyl (C=O) groups is 2. The van der Waals surface area contributed by atoms with Crippen molar-refractivity contribution in [2.24, 2.45) is 0 Å². The number of hydrogen-bond acceptors (Lipinski definition) is 3. The average Bonchev–Trinajstić information content (AvgIpc) is 3.00. The minimum atomic E-state index is -0.568. The molecule has 0 spiro atoms. The van der Waals surface area contributed by atoms with Crippen molar-refractivity contribution in [3.05, 3.63) is 66.7 Å². The Kier molecular flexibility index (Phi) is 4.38. The number of aromatic amines is 1. The van der Waals surface area contributed by atoms with E-state index in [9.17, 15) is 9.59 Å². The summed E-state index contributed by atoms with van der Waals surface area (Å²) >= 11 is 0. The Bertz CT molecular complexity index is 886. The lowest BCUT2D eigenvalue weighted by Crippen LogP contribution is -2.19. The van der Waals surface area contributed by atoms with Gasteiger partial charge >= 0.3 is 0 Å². The third kappa shape index (κ3) is 3.03. The summed E-state index contributed by atoms with van der Waals surface area (Å²) < 4.78 is 0. The van der Waals surface area contributed by atoms with Crippen molar-refractivity contribution in [2.45, 2.75) is 5.92 Å². The van der Waals surface area contributed by atoms with Crippen molar-refractivity contribution in [3.63, 3.8) is 0 Å². The maximum atomic E-state index is 12.6. The topological polar surface area (TPSA) is 86.9 Å². The maximum absolute atomic E-state index is 12.6. The number of anilines is 2. The number of aromatic nitrogens is 2. The van der Waals surface area contributed by atoms with Gasteiger partial charge in [-0.2, -0.15) is 0 Å². The Balaban J connectivity index is 1.95. The Hall–Kier alpha value is -3.41. The van der Waals surface area contributed by atoms with Gasteiger partial charge in [-0.1, -0.05) is 36.4 Å². The number of nitrogens with one attached hydrogen (secondary N) is 3. The molecule has 2 amide bonds. The molecule has 24 heavy (non-hydrogen) atoms. The Morgan fingerprint density at radius 3 is 2.67 bits per heavy atom. The molecule has 120 valence electrons. The van der Waals surface area contributed by atoms with Crippen LogP contribution in [-0.4, -0.2) is 22.3 Å². The standard InChI is InChI=1S/C18H16N4O2/c1-2-13(17(24)20-12-7-4-3-5-8-12)14-9-6-10-15-16(14)22-18(21-15)19-11-23/h2-11,13H,1H2,(H,20,24)(H2,19,21,22,23). The van der Waals surface area contributed by atoms with Gasteiger partial charge in [-0.15, -0.1) is 6.58 Å². The Morgan fingerprint density at radius 1 is 1.17 bits per heavy atom. The molecule has 0 aliphatic carbocycles. The second-order valence-corrected chi connectivity index (χ2v) is 5.16. The molecule has 3 rings (SSSR count). The highest BCUT2D eigenvalue weighted by atomic mass is 16.2. The number of H-pyrrole nitrogens is 1. The van der Waals surface area contributed by atoms with Gasteiger partial charge in [0.1, 0.15) is 0 Å². The number of hydrogen-bond donors (Lipinski definition) is 3. The van der Waals surface area contributed by atoms with Gasteiger partial charge in [-0.25, -0.2) is 4.98 Å². The average molecular weight is 320 g/mol. The first-order chi connectivity index (χ1) is 11.7. The Labute approximate surface area is 138 Å². The molecule has 0 saturated carbocycles. The molecule has 0 aliphatic rings. The van der Waals surface area contributed by atoms with Crippen molar-refractivity contribution >= 4 is 35.0 Å². The zero-order valence-electron chi connectivity index (χ0n) is 12.8. The van der Waals surface area contributed by atoms with E-state index in [1.807, 2.05) is 48.5 Å². The van der Waals surface area contributed by atoms with E-state index >= 15 is 0 Å². The molecule has 3 aromatic rings. The molecule has 6 heteroatoms. The van der Waals surface area contributed by atoms with Crippen LogP contribution in [0.1, 0.15) is 11.5 Å². The maximum Gasteiger partial charge on any atom is 0.235 e. The fourth-order valence-electron chi connectivity index (χ4n) is 2.55. The largest absolute Gasteiger partial charge is 0.325 e. The van der Waals surface area contributed by atoms with Crippen molar-refractivity contribution in [1.29, 1.82) is 0 Å². The van der Waals surface area contributed by atoms with E-state index in [4.69, 9.17) is 0 Å². The van der Waals surface area contributed by atoms with Crippen LogP contribution in [0, 0.1) is 0 Å². The van der Waals surface area contributed by atoms with E-state index in [2.05, 4.69) is 27.2 Å². The first-order valence-corrected chi connectivity index (χ1v) is 7.40. The fraction of sp³-hybridized carbons (Fsp3) is 0.0556. The van der Waals surface area contributed by atoms with E-state index in [0.717, 1.165) is 5.52 Å². The molecule has 1 unspecified atom stereocenters. The molecular formula is C18H16N4O2. The number of rotatable bonds is 6. The third-order valence-corrected chi connectivity index (χ3v) is 3.63. The van der Waals surface area contributed by atoms with Gasteiger partial charge in [0.05, 0.1) is 17.0 Å². The summed E-state index contributed by atoms with van der Waals surface area (Å²) in [5, 5.41) is 5.34. The van der Waals surface area contributed by atoms with Gasteiger partial charge in [-0.05, 0) is 23.8 Å². The summed E-state index contributed by atoms with van der Waals surface area (Å²) in [4.78, 5) is 30.5. The van der Waals surface area contributed by atoms with Crippen LogP contribution in [0.15, 0.2) is 61.2 Å². The first-order valence-electron chi connectivity index (χ1n) is 7.40. The van der Waals surface area contributed by atoms with Crippen molar-refractivity contribution in [1.82, 2.24) is 9.97 Å². The first kappa shape index (κ1) is 15.5. The van der Waals surface area contributed by atoms with E-state index in [1.165, 1.54) is 0 Å². The second kappa shape index (κ2) is 6.78. The SMILES string of the molecule is C=CC(C(=O)Nc1ccccc1)c1cccc2[nH]c(NC=O)nc12. The Morgan fingerprint density at radius 2 is 1.96 bits per heavy atom. The van der Waals surface area contributed by atoms with E-state index < -0.39 is 5.92 Å². The minimum Gasteiger partial charge on any atom is -0.325 e. The van der Waals surface area contributed by atoms with Crippen LogP contribution in [0.4, 0.5) is 11.6 Å². The quantitative estimate of drug-likeness (QED) is 0.482. The van der Waals surface area contributed by atoms with Gasteiger partial charge in [0.2, 0.25) is 18.3 Å². The number of fused-ring (bicyclic) bond motifs is 1. The molecule has 1 aromatic heterocycles. The molecule has 1 atom stereocenters. The summed E-state index contributed by atoms with van der Waals surface area (Å²) in [6, 6.07) is 14.7. The molecule has 1 heterocycles. The van der Waals surface area contributed by atoms with Crippen molar-refractivity contribution in [2.75, 3.05) is 10.6 Å². The summed E-state index contributed by atoms with van der Waals surface area (Å²) in [5.41, 5.74) is 2.78. The fourth-order valence-corrected chi connectivity index (χ4v) is 2.55. The monoisotopic (exact) mass is 320 g/mol. The summed E-state index contributed by atoms with van der Waals surface area (Å²) in [5.74, 6) is -0.434. The molecule has 0 radical (unpaired) electrons. The molecule has 2 aromatic carbocycles. The van der Waals surface area contributed by atoms with Crippen LogP contribution in [0.5, 0.6) is 0 Å². The summed E-state index contributed by atoms with van der Waals surface area (Å²) in [7, 11) is 0. The number of nitrogens with zero attached hydrogens (tertiary/aromatic N) is 1. The van der Waals surface area contributed by atoms with E-state index in [0.29, 0.717) is 29.1 Å². The van der Waals surface area contributed by atoms with Crippen LogP contribution in [0.2, 0.25) is 0 Å². The minimum absolute atomic E-state index is 0.198. The highest BCUT2D eigenvalue weighted by Gasteiger charge is 2.21. The lowest BCUT2D eigenvalue weighted by atomic mass is 9.96. The smallest absolute Gasteiger partial charge is 0.235 e. The molecule has 0 bridgehead atoms. The third-order valence-electron chi connectivity index (χ3n) is 3.63. The molecule has 3 N–H and O–H groups in total. The van der Waals surface area contributed by atoms with Gasteiger partial charge in [0.15, 0.2) is 0 Å². The lowest BCUT2D eigenvalue weighted by molar-refractivity contribution is -0.116. The van der Waals surface area contributed by atoms with Crippen molar-refractivity contribution in [3.8, 4) is 0 Å². The number of benzene rings is 2. The predicted molar refractivity (Wildman–Crippen MR) is 93.8 cm³/mol. The normalized spacial score (nSPS) is 11.7. The zero-order valence-corrected chi connectivity index (χ0v) is 12.8. The number of amides is 2. The highest BCUT2D eigenvalue weighted by molar-refractivity contribution is 6.00. The molecular weight excluding hydrogens is 304 g/mol. The summed E-state index contributed by atoms with van der Waals surface area (Å²) in [6.45, 7) is 3.78. The zero-order chi connectivity index (χ0) is 16.9. The number of para-hydroxylation sites is 2. The predicted octanol–water partition coefficient (Wildman–Crippen LogP) is 3.04. The van der Waals surface area contributed by atoms with Gasteiger partial charge in [0.25, 0.3) is 0 Å². The van der Waals surface area contributed by atoms with E-state index in [1.54, 1.807) is 6.08 Å². The molecule has 0 saturated heterocycles. The van der Waals surface area contributed by atoms with Gasteiger partial charge in [-0.3, -0.25) is 14.9 Å². The second-order valence-electron chi connectivity index (χ2n) is 5.16. The van der Waals surface area contributed by atoms with Crippen LogP contribution >= 0.6 is 0 Å². The molecule has 0 fully saturated rings. The lowest BCUT2D eigenvalue weighted by Gasteiger charge is -2.14.